The highest BCUT2D eigenvalue weighted by atomic mass is 32.2. The molecule has 1 nitrogen and oxygen atoms in total. The van der Waals surface area contributed by atoms with Crippen molar-refractivity contribution in [3.05, 3.63) is 21.9 Å². The van der Waals surface area contributed by atoms with Gasteiger partial charge in [0.15, 0.2) is 0 Å². The second-order valence-corrected chi connectivity index (χ2v) is 6.99. The fourth-order valence-electron chi connectivity index (χ4n) is 1.40. The molecule has 3 unspecified atom stereocenters. The summed E-state index contributed by atoms with van der Waals surface area (Å²) in [7, 11) is 0. The molecule has 2 N–H and O–H groups in total. The highest BCUT2D eigenvalue weighted by Gasteiger charge is 2.20. The van der Waals surface area contributed by atoms with Gasteiger partial charge in [-0.1, -0.05) is 13.8 Å². The minimum Gasteiger partial charge on any atom is -0.327 e. The number of hydrogen-bond donors (Lipinski definition) is 1. The summed E-state index contributed by atoms with van der Waals surface area (Å²) in [4.78, 5) is 2.80. The first kappa shape index (κ1) is 13.1. The van der Waals surface area contributed by atoms with Crippen LogP contribution in [-0.4, -0.2) is 11.3 Å². The van der Waals surface area contributed by atoms with Crippen molar-refractivity contribution < 1.29 is 0 Å². The van der Waals surface area contributed by atoms with Gasteiger partial charge in [0.2, 0.25) is 0 Å². The van der Waals surface area contributed by atoms with Gasteiger partial charge in [0, 0.05) is 21.0 Å². The molecular formula is C12H21NS2. The molecule has 0 radical (unpaired) electrons. The molecule has 0 aromatic carbocycles. The van der Waals surface area contributed by atoms with Crippen LogP contribution >= 0.6 is 23.1 Å². The van der Waals surface area contributed by atoms with E-state index in [-0.39, 0.29) is 6.04 Å². The lowest BCUT2D eigenvalue weighted by Crippen LogP contribution is -2.23. The minimum absolute atomic E-state index is 0.224. The highest BCUT2D eigenvalue weighted by molar-refractivity contribution is 8.00. The Morgan fingerprint density at radius 2 is 2.07 bits per heavy atom. The number of aryl methyl sites for hydroxylation is 1. The SMILES string of the molecule is CCC(C)SC(c1ccc(C)s1)C(C)N. The summed E-state index contributed by atoms with van der Waals surface area (Å²) in [5.41, 5.74) is 6.07. The van der Waals surface area contributed by atoms with Crippen LogP contribution in [0.15, 0.2) is 12.1 Å². The van der Waals surface area contributed by atoms with Crippen LogP contribution in [0.5, 0.6) is 0 Å². The molecule has 0 saturated carbocycles. The summed E-state index contributed by atoms with van der Waals surface area (Å²) >= 11 is 3.88. The molecule has 3 atom stereocenters. The normalized spacial score (nSPS) is 17.4. The Kier molecular flexibility index (Phi) is 5.16. The fraction of sp³-hybridized carbons (Fsp3) is 0.667. The summed E-state index contributed by atoms with van der Waals surface area (Å²) in [6.07, 6.45) is 1.21. The highest BCUT2D eigenvalue weighted by Crippen LogP contribution is 2.38. The molecule has 0 aliphatic rings. The van der Waals surface area contributed by atoms with Gasteiger partial charge in [-0.2, -0.15) is 0 Å². The lowest BCUT2D eigenvalue weighted by atomic mass is 10.2. The monoisotopic (exact) mass is 243 g/mol. The molecular weight excluding hydrogens is 222 g/mol. The lowest BCUT2D eigenvalue weighted by Gasteiger charge is -2.22. The predicted octanol–water partition coefficient (Wildman–Crippen LogP) is 3.98. The van der Waals surface area contributed by atoms with Crippen LogP contribution in [0, 0.1) is 6.92 Å². The first-order valence-corrected chi connectivity index (χ1v) is 7.28. The van der Waals surface area contributed by atoms with Gasteiger partial charge in [-0.3, -0.25) is 0 Å². The third-order valence-electron chi connectivity index (χ3n) is 2.47. The Morgan fingerprint density at radius 1 is 1.40 bits per heavy atom. The lowest BCUT2D eigenvalue weighted by molar-refractivity contribution is 0.723. The maximum absolute atomic E-state index is 6.07. The molecule has 0 aliphatic carbocycles. The van der Waals surface area contributed by atoms with E-state index in [1.54, 1.807) is 0 Å². The summed E-state index contributed by atoms with van der Waals surface area (Å²) in [6, 6.07) is 4.64. The van der Waals surface area contributed by atoms with Crippen LogP contribution in [0.3, 0.4) is 0 Å². The minimum atomic E-state index is 0.224. The molecule has 86 valence electrons. The average Bonchev–Trinajstić information content (AvgIpc) is 2.60. The van der Waals surface area contributed by atoms with Crippen molar-refractivity contribution in [3.8, 4) is 0 Å². The molecule has 1 aromatic heterocycles. The predicted molar refractivity (Wildman–Crippen MR) is 72.8 cm³/mol. The molecule has 1 heterocycles. The van der Waals surface area contributed by atoms with E-state index in [0.717, 1.165) is 0 Å². The van der Waals surface area contributed by atoms with E-state index in [1.807, 2.05) is 23.1 Å². The summed E-state index contributed by atoms with van der Waals surface area (Å²) in [5, 5.41) is 1.14. The number of thiophene rings is 1. The topological polar surface area (TPSA) is 26.0 Å². The Labute approximate surface area is 101 Å². The van der Waals surface area contributed by atoms with Gasteiger partial charge in [0.25, 0.3) is 0 Å². The second kappa shape index (κ2) is 5.92. The quantitative estimate of drug-likeness (QED) is 0.846. The number of hydrogen-bond acceptors (Lipinski definition) is 3. The maximum Gasteiger partial charge on any atom is 0.0542 e. The first-order chi connectivity index (χ1) is 7.04. The van der Waals surface area contributed by atoms with E-state index in [9.17, 15) is 0 Å². The van der Waals surface area contributed by atoms with E-state index in [4.69, 9.17) is 5.73 Å². The maximum atomic E-state index is 6.07. The van der Waals surface area contributed by atoms with Crippen molar-refractivity contribution in [2.24, 2.45) is 5.73 Å². The van der Waals surface area contributed by atoms with E-state index in [1.165, 1.54) is 16.2 Å². The van der Waals surface area contributed by atoms with Gasteiger partial charge < -0.3 is 5.73 Å². The number of thioether (sulfide) groups is 1. The van der Waals surface area contributed by atoms with Crippen LogP contribution in [0.4, 0.5) is 0 Å². The van der Waals surface area contributed by atoms with E-state index in [2.05, 4.69) is 39.8 Å². The Bertz CT molecular complexity index is 294. The second-order valence-electron chi connectivity index (χ2n) is 4.08. The van der Waals surface area contributed by atoms with Crippen molar-refractivity contribution in [1.29, 1.82) is 0 Å². The summed E-state index contributed by atoms with van der Waals surface area (Å²) in [6.45, 7) is 8.77. The van der Waals surface area contributed by atoms with Crippen molar-refractivity contribution >= 4 is 23.1 Å². The Hall–Kier alpha value is 0.01000. The van der Waals surface area contributed by atoms with Gasteiger partial charge in [-0.15, -0.1) is 23.1 Å². The Morgan fingerprint density at radius 3 is 2.47 bits per heavy atom. The van der Waals surface area contributed by atoms with Crippen molar-refractivity contribution in [3.63, 3.8) is 0 Å². The van der Waals surface area contributed by atoms with Crippen LogP contribution in [0.2, 0.25) is 0 Å². The summed E-state index contributed by atoms with van der Waals surface area (Å²) in [5.74, 6) is 0. The number of rotatable bonds is 5. The van der Waals surface area contributed by atoms with Crippen LogP contribution in [0.1, 0.15) is 42.2 Å². The first-order valence-electron chi connectivity index (χ1n) is 5.52. The largest absolute Gasteiger partial charge is 0.327 e. The molecule has 0 spiro atoms. The Balaban J connectivity index is 2.74. The van der Waals surface area contributed by atoms with Crippen molar-refractivity contribution in [1.82, 2.24) is 0 Å². The molecule has 0 fully saturated rings. The van der Waals surface area contributed by atoms with E-state index < -0.39 is 0 Å². The van der Waals surface area contributed by atoms with Crippen LogP contribution in [-0.2, 0) is 0 Å². The smallest absolute Gasteiger partial charge is 0.0542 e. The third kappa shape index (κ3) is 3.82. The van der Waals surface area contributed by atoms with Crippen molar-refractivity contribution in [2.75, 3.05) is 0 Å². The van der Waals surface area contributed by atoms with Gasteiger partial charge in [0.05, 0.1) is 5.25 Å². The van der Waals surface area contributed by atoms with Gasteiger partial charge in [-0.25, -0.2) is 0 Å². The molecule has 15 heavy (non-hydrogen) atoms. The zero-order chi connectivity index (χ0) is 11.4. The van der Waals surface area contributed by atoms with Gasteiger partial charge in [0.1, 0.15) is 0 Å². The van der Waals surface area contributed by atoms with E-state index >= 15 is 0 Å². The third-order valence-corrected chi connectivity index (χ3v) is 5.48. The molecule has 0 saturated heterocycles. The van der Waals surface area contributed by atoms with Gasteiger partial charge in [-0.05, 0) is 32.4 Å². The average molecular weight is 243 g/mol. The molecule has 0 amide bonds. The molecule has 1 rings (SSSR count). The zero-order valence-electron chi connectivity index (χ0n) is 9.99. The molecule has 3 heteroatoms. The standard InChI is InChI=1S/C12H21NS2/c1-5-8(2)15-12(10(4)13)11-7-6-9(3)14-11/h6-8,10,12H,5,13H2,1-4H3. The van der Waals surface area contributed by atoms with Crippen LogP contribution < -0.4 is 5.73 Å². The van der Waals surface area contributed by atoms with Crippen LogP contribution in [0.25, 0.3) is 0 Å². The molecule has 0 aliphatic heterocycles. The van der Waals surface area contributed by atoms with E-state index in [0.29, 0.717) is 10.5 Å². The van der Waals surface area contributed by atoms with Gasteiger partial charge >= 0.3 is 0 Å². The van der Waals surface area contributed by atoms with Crippen molar-refractivity contribution in [2.45, 2.75) is 50.7 Å². The molecule has 1 aromatic rings. The fourth-order valence-corrected chi connectivity index (χ4v) is 3.84. The zero-order valence-corrected chi connectivity index (χ0v) is 11.6. The molecule has 0 bridgehead atoms. The number of nitrogens with two attached hydrogens (primary N) is 1. The summed E-state index contributed by atoms with van der Waals surface area (Å²) < 4.78 is 0.